The predicted molar refractivity (Wildman–Crippen MR) is 73.1 cm³/mol. The minimum atomic E-state index is -0.942. The van der Waals surface area contributed by atoms with Crippen LogP contribution in [0.2, 0.25) is 0 Å². The Bertz CT molecular complexity index is 576. The summed E-state index contributed by atoms with van der Waals surface area (Å²) < 4.78 is 5.66. The number of carbonyl (C=O) groups is 1. The summed E-state index contributed by atoms with van der Waals surface area (Å²) in [5, 5.41) is 8.95. The highest BCUT2D eigenvalue weighted by Crippen LogP contribution is 2.27. The number of benzene rings is 2. The molecule has 0 heterocycles. The molecule has 0 unspecified atom stereocenters. The van der Waals surface area contributed by atoms with E-state index in [1.54, 1.807) is 25.3 Å². The number of ether oxygens (including phenoxy) is 1. The summed E-state index contributed by atoms with van der Waals surface area (Å²) in [6.45, 7) is 0. The molecule has 0 aliphatic carbocycles. The van der Waals surface area contributed by atoms with Gasteiger partial charge in [0.1, 0.15) is 5.75 Å². The molecule has 0 atom stereocenters. The van der Waals surface area contributed by atoms with E-state index in [4.69, 9.17) is 9.84 Å². The molecule has 3 nitrogen and oxygen atoms in total. The fourth-order valence-electron chi connectivity index (χ4n) is 1.65. The Morgan fingerprint density at radius 1 is 1.11 bits per heavy atom. The molecule has 0 saturated carbocycles. The van der Waals surface area contributed by atoms with Gasteiger partial charge in [0.15, 0.2) is 0 Å². The predicted octanol–water partition coefficient (Wildman–Crippen LogP) is 3.82. The Hall–Kier alpha value is -1.81. The van der Waals surface area contributed by atoms with E-state index in [0.717, 1.165) is 16.9 Å². The van der Waals surface area contributed by atoms with E-state index in [2.05, 4.69) is 15.9 Å². The maximum Gasteiger partial charge on any atom is 0.336 e. The van der Waals surface area contributed by atoms with E-state index in [9.17, 15) is 4.79 Å². The van der Waals surface area contributed by atoms with Gasteiger partial charge in [0.2, 0.25) is 0 Å². The number of aromatic carboxylic acids is 1. The average Bonchev–Trinajstić information content (AvgIpc) is 2.38. The summed E-state index contributed by atoms with van der Waals surface area (Å²) in [5.41, 5.74) is 2.22. The third kappa shape index (κ3) is 2.54. The van der Waals surface area contributed by atoms with E-state index in [1.807, 2.05) is 24.3 Å². The lowest BCUT2D eigenvalue weighted by Gasteiger charge is -2.06. The monoisotopic (exact) mass is 306 g/mol. The molecule has 1 N–H and O–H groups in total. The van der Waals surface area contributed by atoms with E-state index in [1.165, 1.54) is 0 Å². The summed E-state index contributed by atoms with van der Waals surface area (Å²) in [6.07, 6.45) is 0. The molecule has 0 aliphatic heterocycles. The van der Waals surface area contributed by atoms with E-state index in [0.29, 0.717) is 4.47 Å². The van der Waals surface area contributed by atoms with Crippen LogP contribution in [0.15, 0.2) is 46.9 Å². The molecule has 2 aromatic rings. The van der Waals surface area contributed by atoms with Crippen molar-refractivity contribution in [3.05, 3.63) is 52.5 Å². The largest absolute Gasteiger partial charge is 0.497 e. The SMILES string of the molecule is COc1ccc(-c2ccc(C(=O)O)c(Br)c2)cc1. The van der Waals surface area contributed by atoms with Crippen molar-refractivity contribution in [1.82, 2.24) is 0 Å². The number of methoxy groups -OCH3 is 1. The van der Waals surface area contributed by atoms with Gasteiger partial charge in [-0.1, -0.05) is 18.2 Å². The maximum atomic E-state index is 10.9. The van der Waals surface area contributed by atoms with Gasteiger partial charge in [-0.15, -0.1) is 0 Å². The normalized spacial score (nSPS) is 10.1. The van der Waals surface area contributed by atoms with Gasteiger partial charge >= 0.3 is 5.97 Å². The van der Waals surface area contributed by atoms with Crippen molar-refractivity contribution in [2.45, 2.75) is 0 Å². The maximum absolute atomic E-state index is 10.9. The molecule has 0 aliphatic rings. The molecule has 0 radical (unpaired) electrons. The first-order valence-electron chi connectivity index (χ1n) is 5.29. The van der Waals surface area contributed by atoms with Crippen LogP contribution in [0.3, 0.4) is 0 Å². The summed E-state index contributed by atoms with van der Waals surface area (Å²) in [7, 11) is 1.62. The molecule has 2 aromatic carbocycles. The number of halogens is 1. The van der Waals surface area contributed by atoms with Crippen molar-refractivity contribution < 1.29 is 14.6 Å². The molecule has 92 valence electrons. The molecule has 0 saturated heterocycles. The van der Waals surface area contributed by atoms with Crippen LogP contribution in [0.1, 0.15) is 10.4 Å². The van der Waals surface area contributed by atoms with Crippen LogP contribution in [0, 0.1) is 0 Å². The highest BCUT2D eigenvalue weighted by atomic mass is 79.9. The minimum absolute atomic E-state index is 0.257. The second-order valence-corrected chi connectivity index (χ2v) is 4.58. The van der Waals surface area contributed by atoms with Gasteiger partial charge in [0, 0.05) is 4.47 Å². The summed E-state index contributed by atoms with van der Waals surface area (Å²) in [6, 6.07) is 12.8. The fourth-order valence-corrected chi connectivity index (χ4v) is 2.20. The zero-order valence-electron chi connectivity index (χ0n) is 9.68. The third-order valence-corrected chi connectivity index (χ3v) is 3.28. The molecule has 0 spiro atoms. The molecule has 0 fully saturated rings. The number of hydrogen-bond acceptors (Lipinski definition) is 2. The van der Waals surface area contributed by atoms with Crippen LogP contribution in [0.25, 0.3) is 11.1 Å². The van der Waals surface area contributed by atoms with E-state index in [-0.39, 0.29) is 5.56 Å². The molecule has 4 heteroatoms. The second-order valence-electron chi connectivity index (χ2n) is 3.73. The number of carboxylic acid groups (broad SMARTS) is 1. The van der Waals surface area contributed by atoms with E-state index < -0.39 is 5.97 Å². The highest BCUT2D eigenvalue weighted by molar-refractivity contribution is 9.10. The fraction of sp³-hybridized carbons (Fsp3) is 0.0714. The van der Waals surface area contributed by atoms with Crippen molar-refractivity contribution >= 4 is 21.9 Å². The first kappa shape index (κ1) is 12.6. The van der Waals surface area contributed by atoms with Gasteiger partial charge in [-0.05, 0) is 51.3 Å². The van der Waals surface area contributed by atoms with Crippen LogP contribution in [-0.2, 0) is 0 Å². The van der Waals surface area contributed by atoms with Crippen LogP contribution in [0.5, 0.6) is 5.75 Å². The van der Waals surface area contributed by atoms with Crippen LogP contribution in [-0.4, -0.2) is 18.2 Å². The summed E-state index contributed by atoms with van der Waals surface area (Å²) >= 11 is 3.27. The Morgan fingerprint density at radius 3 is 2.22 bits per heavy atom. The van der Waals surface area contributed by atoms with Crippen molar-refractivity contribution in [3.63, 3.8) is 0 Å². The standard InChI is InChI=1S/C14H11BrO3/c1-18-11-5-2-9(3-6-11)10-4-7-12(14(16)17)13(15)8-10/h2-8H,1H3,(H,16,17). The van der Waals surface area contributed by atoms with Crippen molar-refractivity contribution in [3.8, 4) is 16.9 Å². The highest BCUT2D eigenvalue weighted by Gasteiger charge is 2.09. The number of rotatable bonds is 3. The minimum Gasteiger partial charge on any atom is -0.497 e. The summed E-state index contributed by atoms with van der Waals surface area (Å²) in [5.74, 6) is -0.150. The topological polar surface area (TPSA) is 46.5 Å². The molecule has 0 bridgehead atoms. The van der Waals surface area contributed by atoms with Crippen molar-refractivity contribution in [2.75, 3.05) is 7.11 Å². The number of carboxylic acids is 1. The second kappa shape index (κ2) is 5.23. The Kier molecular flexibility index (Phi) is 3.67. The van der Waals surface area contributed by atoms with E-state index >= 15 is 0 Å². The van der Waals surface area contributed by atoms with Gasteiger partial charge in [-0.2, -0.15) is 0 Å². The zero-order chi connectivity index (χ0) is 13.1. The van der Waals surface area contributed by atoms with Gasteiger partial charge < -0.3 is 9.84 Å². The molecule has 2 rings (SSSR count). The van der Waals surface area contributed by atoms with Crippen LogP contribution < -0.4 is 4.74 Å². The lowest BCUT2D eigenvalue weighted by Crippen LogP contribution is -1.97. The first-order chi connectivity index (χ1) is 8.61. The quantitative estimate of drug-likeness (QED) is 0.937. The molecule has 18 heavy (non-hydrogen) atoms. The average molecular weight is 307 g/mol. The molecular formula is C14H11BrO3. The Balaban J connectivity index is 2.39. The van der Waals surface area contributed by atoms with Gasteiger partial charge in [-0.25, -0.2) is 4.79 Å². The molecule has 0 aromatic heterocycles. The summed E-state index contributed by atoms with van der Waals surface area (Å²) in [4.78, 5) is 10.9. The number of hydrogen-bond donors (Lipinski definition) is 1. The van der Waals surface area contributed by atoms with Crippen LogP contribution in [0.4, 0.5) is 0 Å². The Labute approximate surface area is 113 Å². The smallest absolute Gasteiger partial charge is 0.336 e. The molecule has 0 amide bonds. The Morgan fingerprint density at radius 2 is 1.72 bits per heavy atom. The van der Waals surface area contributed by atoms with Crippen LogP contribution >= 0.6 is 15.9 Å². The van der Waals surface area contributed by atoms with Gasteiger partial charge in [0.05, 0.1) is 12.7 Å². The molecular weight excluding hydrogens is 296 g/mol. The lowest BCUT2D eigenvalue weighted by molar-refractivity contribution is 0.0696. The van der Waals surface area contributed by atoms with Crippen molar-refractivity contribution in [1.29, 1.82) is 0 Å². The van der Waals surface area contributed by atoms with Crippen molar-refractivity contribution in [2.24, 2.45) is 0 Å². The lowest BCUT2D eigenvalue weighted by atomic mass is 10.0. The first-order valence-corrected chi connectivity index (χ1v) is 6.08. The van der Waals surface area contributed by atoms with Gasteiger partial charge in [-0.3, -0.25) is 0 Å². The van der Waals surface area contributed by atoms with Gasteiger partial charge in [0.25, 0.3) is 0 Å². The third-order valence-electron chi connectivity index (χ3n) is 2.62. The zero-order valence-corrected chi connectivity index (χ0v) is 11.3.